The fraction of sp³-hybridized carbons (Fsp3) is 0.400. The summed E-state index contributed by atoms with van der Waals surface area (Å²) in [4.78, 5) is 0. The lowest BCUT2D eigenvalue weighted by atomic mass is 10.1. The Hall–Kier alpha value is -0.790. The SMILES string of the molecule is O=S(=O)(CCCl)NCc1ccccc1C(F)(F)F. The van der Waals surface area contributed by atoms with Crippen LogP contribution in [0, 0.1) is 0 Å². The number of benzene rings is 1. The largest absolute Gasteiger partial charge is 0.416 e. The second-order valence-corrected chi connectivity index (χ2v) is 5.79. The summed E-state index contributed by atoms with van der Waals surface area (Å²) < 4.78 is 62.5. The van der Waals surface area contributed by atoms with E-state index in [-0.39, 0.29) is 17.2 Å². The van der Waals surface area contributed by atoms with Gasteiger partial charge in [0.15, 0.2) is 0 Å². The van der Waals surface area contributed by atoms with Crippen molar-refractivity contribution in [2.75, 3.05) is 11.6 Å². The highest BCUT2D eigenvalue weighted by Gasteiger charge is 2.32. The molecule has 0 heterocycles. The number of halogens is 4. The Morgan fingerprint density at radius 1 is 1.22 bits per heavy atom. The van der Waals surface area contributed by atoms with Crippen LogP contribution in [-0.4, -0.2) is 20.1 Å². The van der Waals surface area contributed by atoms with Crippen molar-refractivity contribution in [1.82, 2.24) is 4.72 Å². The molecule has 8 heteroatoms. The lowest BCUT2D eigenvalue weighted by Gasteiger charge is -2.13. The Bertz CT molecular complexity index is 502. The van der Waals surface area contributed by atoms with Crippen LogP contribution in [0.1, 0.15) is 11.1 Å². The first-order chi connectivity index (χ1) is 8.26. The van der Waals surface area contributed by atoms with Crippen molar-refractivity contribution in [1.29, 1.82) is 0 Å². The third-order valence-corrected chi connectivity index (χ3v) is 3.89. The number of rotatable bonds is 5. The van der Waals surface area contributed by atoms with E-state index < -0.39 is 28.3 Å². The van der Waals surface area contributed by atoms with Crippen molar-refractivity contribution in [2.45, 2.75) is 12.7 Å². The van der Waals surface area contributed by atoms with Gasteiger partial charge in [-0.05, 0) is 11.6 Å². The van der Waals surface area contributed by atoms with Gasteiger partial charge < -0.3 is 0 Å². The fourth-order valence-corrected chi connectivity index (χ4v) is 2.64. The maximum atomic E-state index is 12.6. The average Bonchev–Trinajstić information content (AvgIpc) is 2.26. The molecule has 0 aliphatic carbocycles. The summed E-state index contributed by atoms with van der Waals surface area (Å²) in [5.74, 6) is -0.445. The number of nitrogens with one attached hydrogen (secondary N) is 1. The van der Waals surface area contributed by atoms with Crippen molar-refractivity contribution < 1.29 is 21.6 Å². The van der Waals surface area contributed by atoms with Crippen LogP contribution < -0.4 is 4.72 Å². The van der Waals surface area contributed by atoms with Crippen LogP contribution in [0.15, 0.2) is 24.3 Å². The van der Waals surface area contributed by atoms with Crippen molar-refractivity contribution >= 4 is 21.6 Å². The molecule has 0 saturated carbocycles. The molecule has 1 aromatic carbocycles. The van der Waals surface area contributed by atoms with Crippen molar-refractivity contribution in [3.05, 3.63) is 35.4 Å². The van der Waals surface area contributed by atoms with Gasteiger partial charge in [-0.1, -0.05) is 18.2 Å². The molecule has 0 saturated heterocycles. The Balaban J connectivity index is 2.86. The molecule has 0 aliphatic heterocycles. The molecule has 1 aromatic rings. The first-order valence-corrected chi connectivity index (χ1v) is 7.13. The highest BCUT2D eigenvalue weighted by molar-refractivity contribution is 7.89. The quantitative estimate of drug-likeness (QED) is 0.849. The lowest BCUT2D eigenvalue weighted by Crippen LogP contribution is -2.27. The summed E-state index contributed by atoms with van der Waals surface area (Å²) in [5.41, 5.74) is -0.971. The normalized spacial score (nSPS) is 12.7. The lowest BCUT2D eigenvalue weighted by molar-refractivity contribution is -0.138. The predicted octanol–water partition coefficient (Wildman–Crippen LogP) is 2.36. The number of hydrogen-bond donors (Lipinski definition) is 1. The van der Waals surface area contributed by atoms with E-state index in [2.05, 4.69) is 4.72 Å². The minimum Gasteiger partial charge on any atom is -0.212 e. The third-order valence-electron chi connectivity index (χ3n) is 2.15. The van der Waals surface area contributed by atoms with Gasteiger partial charge in [-0.3, -0.25) is 0 Å². The molecular formula is C10H11ClF3NO2S. The topological polar surface area (TPSA) is 46.2 Å². The van der Waals surface area contributed by atoms with Crippen molar-refractivity contribution in [3.63, 3.8) is 0 Å². The van der Waals surface area contributed by atoms with Gasteiger partial charge >= 0.3 is 6.18 Å². The minimum absolute atomic E-state index is 0.115. The van der Waals surface area contributed by atoms with Crippen LogP contribution >= 0.6 is 11.6 Å². The molecule has 0 radical (unpaired) electrons. The molecule has 18 heavy (non-hydrogen) atoms. The molecule has 0 bridgehead atoms. The van der Waals surface area contributed by atoms with E-state index in [1.54, 1.807) is 0 Å². The van der Waals surface area contributed by atoms with Crippen LogP contribution in [0.4, 0.5) is 13.2 Å². The zero-order valence-electron chi connectivity index (χ0n) is 9.17. The number of sulfonamides is 1. The van der Waals surface area contributed by atoms with Crippen LogP contribution in [0.3, 0.4) is 0 Å². The van der Waals surface area contributed by atoms with E-state index in [1.807, 2.05) is 0 Å². The molecule has 0 aliphatic rings. The van der Waals surface area contributed by atoms with Gasteiger partial charge in [0.25, 0.3) is 0 Å². The standard InChI is InChI=1S/C10H11ClF3NO2S/c11-5-6-18(16,17)15-7-8-3-1-2-4-9(8)10(12,13)14/h1-4,15H,5-7H2. The minimum atomic E-state index is -4.51. The second-order valence-electron chi connectivity index (χ2n) is 3.48. The van der Waals surface area contributed by atoms with E-state index in [0.717, 1.165) is 6.07 Å². The first-order valence-electron chi connectivity index (χ1n) is 4.94. The molecule has 102 valence electrons. The zero-order valence-corrected chi connectivity index (χ0v) is 10.7. The molecular weight excluding hydrogens is 291 g/mol. The van der Waals surface area contributed by atoms with Crippen LogP contribution in [0.2, 0.25) is 0 Å². The fourth-order valence-electron chi connectivity index (χ4n) is 1.31. The van der Waals surface area contributed by atoms with E-state index in [1.165, 1.54) is 18.2 Å². The van der Waals surface area contributed by atoms with Crippen molar-refractivity contribution in [2.24, 2.45) is 0 Å². The van der Waals surface area contributed by atoms with Crippen molar-refractivity contribution in [3.8, 4) is 0 Å². The molecule has 0 fully saturated rings. The van der Waals surface area contributed by atoms with Gasteiger partial charge in [0.1, 0.15) is 0 Å². The summed E-state index contributed by atoms with van der Waals surface area (Å²) >= 11 is 5.27. The van der Waals surface area contributed by atoms with Crippen LogP contribution in [0.25, 0.3) is 0 Å². The Labute approximate surface area is 108 Å². The zero-order chi connectivity index (χ0) is 13.8. The van der Waals surface area contributed by atoms with Crippen LogP contribution in [-0.2, 0) is 22.7 Å². The third kappa shape index (κ3) is 4.47. The molecule has 1 N–H and O–H groups in total. The van der Waals surface area contributed by atoms with Gasteiger partial charge in [0.05, 0.1) is 11.3 Å². The molecule has 1 rings (SSSR count). The Kier molecular flexibility index (Phi) is 5.01. The molecule has 0 aromatic heterocycles. The van der Waals surface area contributed by atoms with Gasteiger partial charge in [0.2, 0.25) is 10.0 Å². The molecule has 0 spiro atoms. The molecule has 0 atom stereocenters. The highest BCUT2D eigenvalue weighted by atomic mass is 35.5. The first kappa shape index (κ1) is 15.3. The van der Waals surface area contributed by atoms with E-state index >= 15 is 0 Å². The van der Waals surface area contributed by atoms with Gasteiger partial charge in [-0.2, -0.15) is 13.2 Å². The summed E-state index contributed by atoms with van der Waals surface area (Å²) in [7, 11) is -3.64. The summed E-state index contributed by atoms with van der Waals surface area (Å²) in [6, 6.07) is 4.80. The summed E-state index contributed by atoms with van der Waals surface area (Å²) in [5, 5.41) is 0. The molecule has 3 nitrogen and oxygen atoms in total. The molecule has 0 amide bonds. The maximum Gasteiger partial charge on any atom is 0.416 e. The average molecular weight is 302 g/mol. The van der Waals surface area contributed by atoms with E-state index in [0.29, 0.717) is 0 Å². The highest BCUT2D eigenvalue weighted by Crippen LogP contribution is 2.31. The van der Waals surface area contributed by atoms with Gasteiger partial charge in [-0.25, -0.2) is 13.1 Å². The van der Waals surface area contributed by atoms with Gasteiger partial charge in [-0.15, -0.1) is 11.6 Å². The smallest absolute Gasteiger partial charge is 0.212 e. The second kappa shape index (κ2) is 5.90. The number of hydrogen-bond acceptors (Lipinski definition) is 2. The molecule has 0 unspecified atom stereocenters. The van der Waals surface area contributed by atoms with Crippen LogP contribution in [0.5, 0.6) is 0 Å². The maximum absolute atomic E-state index is 12.6. The summed E-state index contributed by atoms with van der Waals surface area (Å²) in [6.45, 7) is -0.408. The van der Waals surface area contributed by atoms with Gasteiger partial charge in [0, 0.05) is 12.4 Å². The van der Waals surface area contributed by atoms with E-state index in [9.17, 15) is 21.6 Å². The predicted molar refractivity (Wildman–Crippen MR) is 62.8 cm³/mol. The van der Waals surface area contributed by atoms with E-state index in [4.69, 9.17) is 11.6 Å². The Morgan fingerprint density at radius 3 is 2.39 bits per heavy atom. The Morgan fingerprint density at radius 2 is 1.83 bits per heavy atom. The number of alkyl halides is 4. The monoisotopic (exact) mass is 301 g/mol. The summed E-state index contributed by atoms with van der Waals surface area (Å²) in [6.07, 6.45) is -4.51.